The number of carboxylic acids is 1. The molecule has 90 valence electrons. The van der Waals surface area contributed by atoms with Gasteiger partial charge in [0, 0.05) is 4.88 Å². The van der Waals surface area contributed by atoms with Crippen LogP contribution < -0.4 is 5.32 Å². The molecule has 2 aromatic rings. The minimum atomic E-state index is -0.956. The van der Waals surface area contributed by atoms with Gasteiger partial charge in [-0.3, -0.25) is 0 Å². The number of aromatic nitrogens is 1. The second kappa shape index (κ2) is 5.03. The molecule has 0 aliphatic heterocycles. The maximum Gasteiger partial charge on any atom is 0.340 e. The largest absolute Gasteiger partial charge is 0.478 e. The van der Waals surface area contributed by atoms with Gasteiger partial charge in [-0.1, -0.05) is 11.6 Å². The van der Waals surface area contributed by atoms with Gasteiger partial charge in [-0.05, 0) is 30.6 Å². The molecule has 0 aromatic carbocycles. The first-order valence-electron chi connectivity index (χ1n) is 4.75. The molecule has 2 aromatic heterocycles. The Morgan fingerprint density at radius 1 is 1.59 bits per heavy atom. The van der Waals surface area contributed by atoms with Crippen LogP contribution in [-0.4, -0.2) is 15.4 Å². The van der Waals surface area contributed by atoms with Crippen molar-refractivity contribution in [1.82, 2.24) is 4.37 Å². The topological polar surface area (TPSA) is 62.2 Å². The smallest absolute Gasteiger partial charge is 0.340 e. The van der Waals surface area contributed by atoms with Crippen molar-refractivity contribution in [3.63, 3.8) is 0 Å². The van der Waals surface area contributed by atoms with Crippen molar-refractivity contribution in [1.29, 1.82) is 0 Å². The van der Waals surface area contributed by atoms with Crippen molar-refractivity contribution in [2.24, 2.45) is 0 Å². The highest BCUT2D eigenvalue weighted by atomic mass is 35.5. The number of hydrogen-bond donors (Lipinski definition) is 2. The van der Waals surface area contributed by atoms with Gasteiger partial charge in [-0.2, -0.15) is 4.37 Å². The Bertz CT molecular complexity index is 550. The molecule has 0 aliphatic carbocycles. The van der Waals surface area contributed by atoms with Crippen molar-refractivity contribution in [3.05, 3.63) is 32.6 Å². The van der Waals surface area contributed by atoms with Crippen LogP contribution in [0.5, 0.6) is 0 Å². The number of thiophene rings is 1. The summed E-state index contributed by atoms with van der Waals surface area (Å²) in [5, 5.41) is 12.7. The van der Waals surface area contributed by atoms with Crippen LogP contribution in [0.4, 0.5) is 5.00 Å². The van der Waals surface area contributed by atoms with Gasteiger partial charge in [0.15, 0.2) is 0 Å². The quantitative estimate of drug-likeness (QED) is 0.904. The summed E-state index contributed by atoms with van der Waals surface area (Å²) in [6.07, 6.45) is 0. The number of carboxylic acid groups (broad SMARTS) is 1. The van der Waals surface area contributed by atoms with Crippen LogP contribution in [0.1, 0.15) is 20.9 Å². The highest BCUT2D eigenvalue weighted by molar-refractivity contribution is 7.16. The number of rotatable bonds is 4. The van der Waals surface area contributed by atoms with E-state index < -0.39 is 5.97 Å². The summed E-state index contributed by atoms with van der Waals surface area (Å²) in [4.78, 5) is 12.1. The molecule has 2 N–H and O–H groups in total. The van der Waals surface area contributed by atoms with Crippen molar-refractivity contribution in [3.8, 4) is 0 Å². The molecule has 0 saturated carbocycles. The van der Waals surface area contributed by atoms with Crippen molar-refractivity contribution >= 4 is 45.4 Å². The van der Waals surface area contributed by atoms with Gasteiger partial charge < -0.3 is 10.4 Å². The lowest BCUT2D eigenvalue weighted by atomic mass is 10.2. The monoisotopic (exact) mass is 288 g/mol. The van der Waals surface area contributed by atoms with E-state index in [4.69, 9.17) is 16.7 Å². The number of nitrogens with zero attached hydrogens (tertiary/aromatic N) is 1. The van der Waals surface area contributed by atoms with Crippen molar-refractivity contribution < 1.29 is 9.90 Å². The van der Waals surface area contributed by atoms with E-state index in [9.17, 15) is 4.79 Å². The van der Waals surface area contributed by atoms with E-state index in [1.807, 2.05) is 12.1 Å². The Balaban J connectivity index is 2.11. The van der Waals surface area contributed by atoms with E-state index in [0.717, 1.165) is 20.7 Å². The predicted octanol–water partition coefficient (Wildman–Crippen LogP) is 3.48. The van der Waals surface area contributed by atoms with E-state index >= 15 is 0 Å². The first-order chi connectivity index (χ1) is 8.08. The predicted molar refractivity (Wildman–Crippen MR) is 70.5 cm³/mol. The van der Waals surface area contributed by atoms with Gasteiger partial charge in [-0.25, -0.2) is 4.79 Å². The van der Waals surface area contributed by atoms with Gasteiger partial charge in [0.2, 0.25) is 0 Å². The fourth-order valence-corrected chi connectivity index (χ4v) is 3.17. The van der Waals surface area contributed by atoms with E-state index in [-0.39, 0.29) is 5.56 Å². The SMILES string of the molecule is Cc1nsc(NCc2ccc(Cl)s2)c1C(=O)O. The number of hydrogen-bond acceptors (Lipinski definition) is 5. The van der Waals surface area contributed by atoms with Crippen LogP contribution in [0.25, 0.3) is 0 Å². The molecular weight excluding hydrogens is 280 g/mol. The molecule has 2 heterocycles. The van der Waals surface area contributed by atoms with Crippen LogP contribution in [0.2, 0.25) is 4.34 Å². The summed E-state index contributed by atoms with van der Waals surface area (Å²) in [5.74, 6) is -0.956. The maximum atomic E-state index is 11.0. The molecule has 0 aliphatic rings. The Morgan fingerprint density at radius 3 is 2.94 bits per heavy atom. The third-order valence-electron chi connectivity index (χ3n) is 2.13. The molecule has 0 saturated heterocycles. The molecule has 2 rings (SSSR count). The van der Waals surface area contributed by atoms with E-state index in [2.05, 4.69) is 9.69 Å². The number of halogens is 1. The summed E-state index contributed by atoms with van der Waals surface area (Å²) >= 11 is 8.44. The Morgan fingerprint density at radius 2 is 2.35 bits per heavy atom. The van der Waals surface area contributed by atoms with E-state index in [1.165, 1.54) is 11.3 Å². The minimum absolute atomic E-state index is 0.248. The highest BCUT2D eigenvalue weighted by Crippen LogP contribution is 2.27. The number of anilines is 1. The fraction of sp³-hybridized carbons (Fsp3) is 0.200. The molecule has 0 fully saturated rings. The number of aryl methyl sites for hydroxylation is 1. The van der Waals surface area contributed by atoms with Crippen LogP contribution in [0, 0.1) is 6.92 Å². The second-order valence-electron chi connectivity index (χ2n) is 3.34. The fourth-order valence-electron chi connectivity index (χ4n) is 1.36. The van der Waals surface area contributed by atoms with Crippen LogP contribution in [0.15, 0.2) is 12.1 Å². The number of carbonyl (C=O) groups is 1. The summed E-state index contributed by atoms with van der Waals surface area (Å²) in [6.45, 7) is 2.24. The first-order valence-corrected chi connectivity index (χ1v) is 6.72. The molecule has 17 heavy (non-hydrogen) atoms. The first kappa shape index (κ1) is 12.3. The van der Waals surface area contributed by atoms with Crippen LogP contribution in [-0.2, 0) is 6.54 Å². The Kier molecular flexibility index (Phi) is 3.66. The maximum absolute atomic E-state index is 11.0. The second-order valence-corrected chi connectivity index (χ2v) is 5.91. The molecular formula is C10H9ClN2O2S2. The third kappa shape index (κ3) is 2.77. The summed E-state index contributed by atoms with van der Waals surface area (Å²) in [6, 6.07) is 3.73. The molecule has 0 bridgehead atoms. The average molecular weight is 289 g/mol. The lowest BCUT2D eigenvalue weighted by Crippen LogP contribution is -2.04. The molecule has 0 atom stereocenters. The van der Waals surface area contributed by atoms with E-state index in [0.29, 0.717) is 17.2 Å². The molecule has 0 amide bonds. The molecule has 0 unspecified atom stereocenters. The zero-order chi connectivity index (χ0) is 12.4. The van der Waals surface area contributed by atoms with Crippen LogP contribution >= 0.6 is 34.5 Å². The Labute approximate surface area is 111 Å². The standard InChI is InChI=1S/C10H9ClN2O2S2/c1-5-8(10(14)15)9(17-13-5)12-4-6-2-3-7(11)16-6/h2-3,12H,4H2,1H3,(H,14,15). The molecule has 4 nitrogen and oxygen atoms in total. The van der Waals surface area contributed by atoms with Gasteiger partial charge in [0.05, 0.1) is 16.6 Å². The van der Waals surface area contributed by atoms with E-state index in [1.54, 1.807) is 6.92 Å². The zero-order valence-corrected chi connectivity index (χ0v) is 11.2. The van der Waals surface area contributed by atoms with Crippen molar-refractivity contribution in [2.75, 3.05) is 5.32 Å². The van der Waals surface area contributed by atoms with Crippen molar-refractivity contribution in [2.45, 2.75) is 13.5 Å². The highest BCUT2D eigenvalue weighted by Gasteiger charge is 2.17. The average Bonchev–Trinajstić information content (AvgIpc) is 2.82. The minimum Gasteiger partial charge on any atom is -0.478 e. The van der Waals surface area contributed by atoms with Gasteiger partial charge in [-0.15, -0.1) is 11.3 Å². The third-order valence-corrected chi connectivity index (χ3v) is 4.26. The Hall–Kier alpha value is -1.11. The summed E-state index contributed by atoms with van der Waals surface area (Å²) in [5.41, 5.74) is 0.784. The number of nitrogens with one attached hydrogen (secondary N) is 1. The van der Waals surface area contributed by atoms with Gasteiger partial charge in [0.1, 0.15) is 10.6 Å². The molecule has 0 radical (unpaired) electrons. The summed E-state index contributed by atoms with van der Waals surface area (Å²) < 4.78 is 4.75. The van der Waals surface area contributed by atoms with Crippen LogP contribution in [0.3, 0.4) is 0 Å². The lowest BCUT2D eigenvalue weighted by molar-refractivity contribution is 0.0697. The lowest BCUT2D eigenvalue weighted by Gasteiger charge is -2.02. The van der Waals surface area contributed by atoms with Gasteiger partial charge in [0.25, 0.3) is 0 Å². The number of aromatic carboxylic acids is 1. The molecule has 0 spiro atoms. The summed E-state index contributed by atoms with van der Waals surface area (Å²) in [7, 11) is 0. The molecule has 7 heteroatoms. The van der Waals surface area contributed by atoms with Gasteiger partial charge >= 0.3 is 5.97 Å². The zero-order valence-electron chi connectivity index (χ0n) is 8.86. The normalized spacial score (nSPS) is 10.5.